The minimum atomic E-state index is -0.210. The standard InChI is InChI=1S/C16H17N3O2/c1-3-14-13(12-5-7-17-8-6-12)10-15(16(21)19-14)18-9-4-11(2)20/h4-10,18H,3H2,1-2H3,(H,19,21). The average molecular weight is 283 g/mol. The summed E-state index contributed by atoms with van der Waals surface area (Å²) in [5, 5.41) is 2.84. The second-order valence-corrected chi connectivity index (χ2v) is 4.58. The topological polar surface area (TPSA) is 74.8 Å². The van der Waals surface area contributed by atoms with Gasteiger partial charge in [-0.1, -0.05) is 6.92 Å². The van der Waals surface area contributed by atoms with Gasteiger partial charge in [-0.25, -0.2) is 0 Å². The molecular formula is C16H17N3O2. The molecule has 2 aromatic heterocycles. The highest BCUT2D eigenvalue weighted by molar-refractivity contribution is 5.87. The number of hydrogen-bond acceptors (Lipinski definition) is 4. The molecule has 0 saturated heterocycles. The molecule has 0 aromatic carbocycles. The first-order valence-corrected chi connectivity index (χ1v) is 6.72. The van der Waals surface area contributed by atoms with Crippen molar-refractivity contribution >= 4 is 11.5 Å². The third-order valence-electron chi connectivity index (χ3n) is 3.02. The molecule has 0 radical (unpaired) electrons. The van der Waals surface area contributed by atoms with Crippen molar-refractivity contribution in [1.82, 2.24) is 9.97 Å². The number of carbonyl (C=O) groups excluding carboxylic acids is 1. The Balaban J connectivity index is 2.45. The normalized spacial score (nSPS) is 10.8. The van der Waals surface area contributed by atoms with Crippen molar-refractivity contribution in [1.29, 1.82) is 0 Å². The highest BCUT2D eigenvalue weighted by Crippen LogP contribution is 2.23. The van der Waals surface area contributed by atoms with Crippen molar-refractivity contribution in [2.24, 2.45) is 0 Å². The SMILES string of the molecule is CCc1[nH]c(=O)c(NC=CC(C)=O)cc1-c1ccncc1. The van der Waals surface area contributed by atoms with Crippen LogP contribution in [0.25, 0.3) is 11.1 Å². The fraction of sp³-hybridized carbons (Fsp3) is 0.188. The van der Waals surface area contributed by atoms with Crippen LogP contribution in [0.15, 0.2) is 47.7 Å². The molecule has 0 fully saturated rings. The Kier molecular flexibility index (Phi) is 4.66. The number of carbonyl (C=O) groups is 1. The maximum absolute atomic E-state index is 12.0. The summed E-state index contributed by atoms with van der Waals surface area (Å²) >= 11 is 0. The number of aromatic nitrogens is 2. The first-order valence-electron chi connectivity index (χ1n) is 6.72. The van der Waals surface area contributed by atoms with E-state index in [1.807, 2.05) is 19.1 Å². The maximum Gasteiger partial charge on any atom is 0.271 e. The fourth-order valence-electron chi connectivity index (χ4n) is 1.99. The number of allylic oxidation sites excluding steroid dienone is 1. The van der Waals surface area contributed by atoms with Crippen LogP contribution in [0.3, 0.4) is 0 Å². The number of nitrogens with zero attached hydrogens (tertiary/aromatic N) is 1. The molecule has 108 valence electrons. The zero-order chi connectivity index (χ0) is 15.2. The third kappa shape index (κ3) is 3.66. The van der Waals surface area contributed by atoms with Gasteiger partial charge in [0, 0.05) is 29.9 Å². The lowest BCUT2D eigenvalue weighted by Gasteiger charge is -2.10. The molecule has 2 heterocycles. The van der Waals surface area contributed by atoms with Gasteiger partial charge >= 0.3 is 0 Å². The number of ketones is 1. The maximum atomic E-state index is 12.0. The van der Waals surface area contributed by atoms with Crippen molar-refractivity contribution in [2.45, 2.75) is 20.3 Å². The largest absolute Gasteiger partial charge is 0.357 e. The number of rotatable bonds is 5. The van der Waals surface area contributed by atoms with Crippen LogP contribution < -0.4 is 10.9 Å². The Labute approximate surface area is 122 Å². The quantitative estimate of drug-likeness (QED) is 0.827. The van der Waals surface area contributed by atoms with E-state index in [4.69, 9.17) is 0 Å². The van der Waals surface area contributed by atoms with Crippen molar-refractivity contribution in [3.05, 3.63) is 58.9 Å². The Morgan fingerprint density at radius 3 is 2.71 bits per heavy atom. The summed E-state index contributed by atoms with van der Waals surface area (Å²) in [6, 6.07) is 5.57. The van der Waals surface area contributed by atoms with Gasteiger partial charge in [0.25, 0.3) is 5.56 Å². The second kappa shape index (κ2) is 6.65. The minimum Gasteiger partial charge on any atom is -0.357 e. The number of aryl methyl sites for hydroxylation is 1. The predicted octanol–water partition coefficient (Wildman–Crippen LogP) is 2.51. The first-order chi connectivity index (χ1) is 10.1. The Bertz CT molecular complexity index is 718. The van der Waals surface area contributed by atoms with Gasteiger partial charge < -0.3 is 10.3 Å². The third-order valence-corrected chi connectivity index (χ3v) is 3.02. The van der Waals surface area contributed by atoms with E-state index in [1.54, 1.807) is 18.5 Å². The number of H-pyrrole nitrogens is 1. The lowest BCUT2D eigenvalue weighted by atomic mass is 10.0. The average Bonchev–Trinajstić information content (AvgIpc) is 2.49. The van der Waals surface area contributed by atoms with Gasteiger partial charge in [-0.3, -0.25) is 14.6 Å². The smallest absolute Gasteiger partial charge is 0.271 e. The van der Waals surface area contributed by atoms with E-state index in [0.717, 1.165) is 23.2 Å². The minimum absolute atomic E-state index is 0.0848. The molecule has 0 unspecified atom stereocenters. The Morgan fingerprint density at radius 1 is 1.38 bits per heavy atom. The molecule has 0 atom stereocenters. The van der Waals surface area contributed by atoms with E-state index in [1.165, 1.54) is 19.2 Å². The van der Waals surface area contributed by atoms with E-state index >= 15 is 0 Å². The highest BCUT2D eigenvalue weighted by atomic mass is 16.1. The van der Waals surface area contributed by atoms with Crippen molar-refractivity contribution in [3.8, 4) is 11.1 Å². The molecule has 2 rings (SSSR count). The van der Waals surface area contributed by atoms with Gasteiger partial charge in [0.15, 0.2) is 5.78 Å². The van der Waals surface area contributed by atoms with Gasteiger partial charge in [0.05, 0.1) is 0 Å². The van der Waals surface area contributed by atoms with Crippen molar-refractivity contribution in [2.75, 3.05) is 5.32 Å². The van der Waals surface area contributed by atoms with Gasteiger partial charge in [-0.2, -0.15) is 0 Å². The lowest BCUT2D eigenvalue weighted by Crippen LogP contribution is -2.14. The Morgan fingerprint density at radius 2 is 2.10 bits per heavy atom. The van der Waals surface area contributed by atoms with Gasteiger partial charge in [-0.05, 0) is 43.2 Å². The van der Waals surface area contributed by atoms with Crippen LogP contribution >= 0.6 is 0 Å². The fourth-order valence-corrected chi connectivity index (χ4v) is 1.99. The first kappa shape index (κ1) is 14.7. The molecule has 0 spiro atoms. The van der Waals surface area contributed by atoms with Crippen LogP contribution in [0.1, 0.15) is 19.5 Å². The number of anilines is 1. The molecule has 0 aliphatic rings. The molecule has 2 N–H and O–H groups in total. The highest BCUT2D eigenvalue weighted by Gasteiger charge is 2.08. The van der Waals surface area contributed by atoms with Crippen LogP contribution in [0.5, 0.6) is 0 Å². The summed E-state index contributed by atoms with van der Waals surface area (Å²) in [6.45, 7) is 3.43. The summed E-state index contributed by atoms with van der Waals surface area (Å²) in [7, 11) is 0. The number of pyridine rings is 2. The van der Waals surface area contributed by atoms with E-state index in [2.05, 4.69) is 15.3 Å². The number of nitrogens with one attached hydrogen (secondary N) is 2. The van der Waals surface area contributed by atoms with Crippen LogP contribution in [0, 0.1) is 0 Å². The van der Waals surface area contributed by atoms with Crippen LogP contribution in [0.2, 0.25) is 0 Å². The summed E-state index contributed by atoms with van der Waals surface area (Å²) in [4.78, 5) is 29.8. The molecule has 2 aromatic rings. The van der Waals surface area contributed by atoms with Crippen molar-refractivity contribution < 1.29 is 4.79 Å². The monoisotopic (exact) mass is 283 g/mol. The lowest BCUT2D eigenvalue weighted by molar-refractivity contribution is -0.112. The molecule has 0 saturated carbocycles. The summed E-state index contributed by atoms with van der Waals surface area (Å²) in [5.41, 5.74) is 2.98. The van der Waals surface area contributed by atoms with Gasteiger partial charge in [-0.15, -0.1) is 0 Å². The molecule has 5 heteroatoms. The zero-order valence-corrected chi connectivity index (χ0v) is 12.0. The molecule has 0 aliphatic carbocycles. The van der Waals surface area contributed by atoms with E-state index < -0.39 is 0 Å². The van der Waals surface area contributed by atoms with Gasteiger partial charge in [0.1, 0.15) is 5.69 Å². The second-order valence-electron chi connectivity index (χ2n) is 4.58. The van der Waals surface area contributed by atoms with Gasteiger partial charge in [0.2, 0.25) is 0 Å². The van der Waals surface area contributed by atoms with Crippen LogP contribution in [-0.2, 0) is 11.2 Å². The van der Waals surface area contributed by atoms with Crippen LogP contribution in [0.4, 0.5) is 5.69 Å². The summed E-state index contributed by atoms with van der Waals surface area (Å²) in [5.74, 6) is -0.0848. The number of aromatic amines is 1. The molecule has 0 bridgehead atoms. The van der Waals surface area contributed by atoms with E-state index in [-0.39, 0.29) is 11.3 Å². The molecule has 0 aliphatic heterocycles. The van der Waals surface area contributed by atoms with E-state index in [0.29, 0.717) is 5.69 Å². The van der Waals surface area contributed by atoms with Crippen molar-refractivity contribution in [3.63, 3.8) is 0 Å². The molecule has 0 amide bonds. The summed E-state index contributed by atoms with van der Waals surface area (Å²) in [6.07, 6.45) is 6.98. The summed E-state index contributed by atoms with van der Waals surface area (Å²) < 4.78 is 0. The predicted molar refractivity (Wildman–Crippen MR) is 83.1 cm³/mol. The molecule has 5 nitrogen and oxygen atoms in total. The van der Waals surface area contributed by atoms with Crippen LogP contribution in [-0.4, -0.2) is 15.8 Å². The zero-order valence-electron chi connectivity index (χ0n) is 12.0. The Hall–Kier alpha value is -2.69. The van der Waals surface area contributed by atoms with E-state index in [9.17, 15) is 9.59 Å². The number of hydrogen-bond donors (Lipinski definition) is 2. The molecular weight excluding hydrogens is 266 g/mol. The molecule has 21 heavy (non-hydrogen) atoms.